The van der Waals surface area contributed by atoms with Crippen molar-refractivity contribution in [2.45, 2.75) is 36.0 Å². The number of thiol groups is 1. The van der Waals surface area contributed by atoms with Crippen molar-refractivity contribution in [3.05, 3.63) is 90.0 Å². The maximum absolute atomic E-state index is 12.7. The van der Waals surface area contributed by atoms with E-state index in [1.54, 1.807) is 24.3 Å². The zero-order valence-corrected chi connectivity index (χ0v) is 23.0. The fourth-order valence-corrected chi connectivity index (χ4v) is 5.26. The lowest BCUT2D eigenvalue weighted by Gasteiger charge is -2.13. The Morgan fingerprint density at radius 2 is 1.54 bits per heavy atom. The second-order valence-corrected chi connectivity index (χ2v) is 11.3. The normalized spacial score (nSPS) is 12.7. The minimum atomic E-state index is -4.24. The molecule has 0 heterocycles. The predicted molar refractivity (Wildman–Crippen MR) is 152 cm³/mol. The topological polar surface area (TPSA) is 142 Å². The number of benzene rings is 3. The Bertz CT molecular complexity index is 1390. The van der Waals surface area contributed by atoms with Gasteiger partial charge in [0.2, 0.25) is 5.91 Å². The van der Waals surface area contributed by atoms with Crippen molar-refractivity contribution in [3.8, 4) is 11.1 Å². The number of aliphatic hydroxyl groups is 1. The molecule has 2 atom stereocenters. The van der Waals surface area contributed by atoms with E-state index in [-0.39, 0.29) is 34.9 Å². The Labute approximate surface area is 233 Å². The molecule has 11 heteroatoms. The summed E-state index contributed by atoms with van der Waals surface area (Å²) < 4.78 is 27.3. The number of carbonyl (C=O) groups excluding carboxylic acids is 3. The molecule has 0 aliphatic rings. The molecule has 0 unspecified atom stereocenters. The number of aliphatic hydroxyl groups excluding tert-OH is 1. The monoisotopic (exact) mass is 569 g/mol. The van der Waals surface area contributed by atoms with Crippen LogP contribution in [0.3, 0.4) is 0 Å². The zero-order valence-electron chi connectivity index (χ0n) is 21.3. The molecule has 0 fully saturated rings. The van der Waals surface area contributed by atoms with Crippen molar-refractivity contribution >= 4 is 40.4 Å². The molecule has 39 heavy (non-hydrogen) atoms. The number of hydrogen-bond donors (Lipinski definition) is 5. The fourth-order valence-electron chi connectivity index (χ4n) is 3.68. The van der Waals surface area contributed by atoms with Gasteiger partial charge in [0.1, 0.15) is 6.10 Å². The van der Waals surface area contributed by atoms with Crippen molar-refractivity contribution in [1.29, 1.82) is 0 Å². The number of carbonyl (C=O) groups is 3. The standard InChI is InChI=1S/C28H31N3O6S2/c1-19(32)27(34)31-39(36,37)25-10-6-5-9-24(25)21-11-13-22(14-12-21)28(35)29-16-15-26(33)30-18-23(38)17-20-7-3-2-4-8-20/h2-14,19,23,32,38H,15-18H2,1H3,(H,29,35)(H,30,33)(H,31,34)/t19-,23+/m0/s1. The van der Waals surface area contributed by atoms with Crippen LogP contribution in [0, 0.1) is 0 Å². The molecule has 0 spiro atoms. The summed E-state index contributed by atoms with van der Waals surface area (Å²) in [6, 6.07) is 22.2. The summed E-state index contributed by atoms with van der Waals surface area (Å²) >= 11 is 4.52. The third-order valence-electron chi connectivity index (χ3n) is 5.74. The average molecular weight is 570 g/mol. The van der Waals surface area contributed by atoms with Gasteiger partial charge in [-0.1, -0.05) is 60.7 Å². The molecular weight excluding hydrogens is 538 g/mol. The maximum Gasteiger partial charge on any atom is 0.264 e. The van der Waals surface area contributed by atoms with Crippen LogP contribution in [0.4, 0.5) is 0 Å². The summed E-state index contributed by atoms with van der Waals surface area (Å²) in [5.74, 6) is -1.61. The Kier molecular flexibility index (Phi) is 10.7. The van der Waals surface area contributed by atoms with E-state index in [2.05, 4.69) is 23.3 Å². The number of rotatable bonds is 12. The average Bonchev–Trinajstić information content (AvgIpc) is 2.92. The van der Waals surface area contributed by atoms with Gasteiger partial charge >= 0.3 is 0 Å². The van der Waals surface area contributed by atoms with Gasteiger partial charge in [-0.3, -0.25) is 14.4 Å². The van der Waals surface area contributed by atoms with Crippen molar-refractivity contribution in [2.24, 2.45) is 0 Å². The number of nitrogens with one attached hydrogen (secondary N) is 3. The van der Waals surface area contributed by atoms with Gasteiger partial charge in [-0.15, -0.1) is 0 Å². The van der Waals surface area contributed by atoms with Crippen LogP contribution in [0.25, 0.3) is 11.1 Å². The summed E-state index contributed by atoms with van der Waals surface area (Å²) in [6.07, 6.45) is -0.654. The van der Waals surface area contributed by atoms with Gasteiger partial charge in [-0.05, 0) is 42.7 Å². The third kappa shape index (κ3) is 8.95. The summed E-state index contributed by atoms with van der Waals surface area (Å²) in [6.45, 7) is 1.72. The Hall–Kier alpha value is -3.67. The molecule has 4 N–H and O–H groups in total. The first kappa shape index (κ1) is 29.9. The molecule has 3 rings (SSSR count). The lowest BCUT2D eigenvalue weighted by atomic mass is 10.0. The van der Waals surface area contributed by atoms with Gasteiger partial charge in [-0.2, -0.15) is 12.6 Å². The molecular formula is C28H31N3O6S2. The van der Waals surface area contributed by atoms with E-state index in [0.29, 0.717) is 23.2 Å². The first-order valence-electron chi connectivity index (χ1n) is 12.3. The summed E-state index contributed by atoms with van der Waals surface area (Å²) in [7, 11) is -4.24. The maximum atomic E-state index is 12.7. The summed E-state index contributed by atoms with van der Waals surface area (Å²) in [5, 5.41) is 14.8. The SMILES string of the molecule is C[C@H](O)C(=O)NS(=O)(=O)c1ccccc1-c1ccc(C(=O)NCCC(=O)NC[C@H](S)Cc2ccccc2)cc1. The fraction of sp³-hybridized carbons (Fsp3) is 0.250. The van der Waals surface area contributed by atoms with Crippen molar-refractivity contribution in [3.63, 3.8) is 0 Å². The smallest absolute Gasteiger partial charge is 0.264 e. The largest absolute Gasteiger partial charge is 0.384 e. The summed E-state index contributed by atoms with van der Waals surface area (Å²) in [5.41, 5.74) is 2.30. The minimum Gasteiger partial charge on any atom is -0.384 e. The van der Waals surface area contributed by atoms with Crippen LogP contribution in [-0.2, 0) is 26.0 Å². The van der Waals surface area contributed by atoms with Gasteiger partial charge in [0.15, 0.2) is 0 Å². The van der Waals surface area contributed by atoms with Crippen LogP contribution in [0.15, 0.2) is 83.8 Å². The van der Waals surface area contributed by atoms with E-state index in [9.17, 15) is 27.9 Å². The molecule has 0 bridgehead atoms. The van der Waals surface area contributed by atoms with Gasteiger partial charge in [0.05, 0.1) is 4.90 Å². The molecule has 0 saturated heterocycles. The number of hydrogen-bond acceptors (Lipinski definition) is 7. The molecule has 0 aromatic heterocycles. The molecule has 0 radical (unpaired) electrons. The van der Waals surface area contributed by atoms with E-state index in [1.807, 2.05) is 35.1 Å². The van der Waals surface area contributed by atoms with Crippen LogP contribution in [0.2, 0.25) is 0 Å². The minimum absolute atomic E-state index is 0.0286. The van der Waals surface area contributed by atoms with E-state index >= 15 is 0 Å². The van der Waals surface area contributed by atoms with Crippen molar-refractivity contribution in [2.75, 3.05) is 13.1 Å². The van der Waals surface area contributed by atoms with E-state index in [4.69, 9.17) is 0 Å². The number of sulfonamides is 1. The van der Waals surface area contributed by atoms with Gasteiger partial charge < -0.3 is 15.7 Å². The zero-order chi connectivity index (χ0) is 28.4. The first-order valence-corrected chi connectivity index (χ1v) is 14.3. The molecule has 3 amide bonds. The van der Waals surface area contributed by atoms with Crippen LogP contribution >= 0.6 is 12.6 Å². The second-order valence-electron chi connectivity index (χ2n) is 8.87. The lowest BCUT2D eigenvalue weighted by molar-refractivity contribution is -0.126. The van der Waals surface area contributed by atoms with E-state index in [1.165, 1.54) is 24.3 Å². The third-order valence-corrected chi connectivity index (χ3v) is 7.51. The van der Waals surface area contributed by atoms with E-state index < -0.39 is 22.0 Å². The highest BCUT2D eigenvalue weighted by molar-refractivity contribution is 7.90. The van der Waals surface area contributed by atoms with Crippen LogP contribution in [0.5, 0.6) is 0 Å². The van der Waals surface area contributed by atoms with Gasteiger partial charge in [0.25, 0.3) is 21.8 Å². The molecule has 0 saturated carbocycles. The van der Waals surface area contributed by atoms with Gasteiger partial charge in [0, 0.05) is 35.9 Å². The van der Waals surface area contributed by atoms with Crippen LogP contribution < -0.4 is 15.4 Å². The van der Waals surface area contributed by atoms with Crippen LogP contribution in [-0.4, -0.2) is 55.7 Å². The highest BCUT2D eigenvalue weighted by Gasteiger charge is 2.23. The Morgan fingerprint density at radius 3 is 2.21 bits per heavy atom. The van der Waals surface area contributed by atoms with Gasteiger partial charge in [-0.25, -0.2) is 13.1 Å². The highest BCUT2D eigenvalue weighted by Crippen LogP contribution is 2.27. The quantitative estimate of drug-likeness (QED) is 0.212. The predicted octanol–water partition coefficient (Wildman–Crippen LogP) is 2.32. The Balaban J connectivity index is 1.52. The molecule has 0 aliphatic carbocycles. The van der Waals surface area contributed by atoms with E-state index in [0.717, 1.165) is 18.9 Å². The highest BCUT2D eigenvalue weighted by atomic mass is 32.2. The van der Waals surface area contributed by atoms with Crippen LogP contribution in [0.1, 0.15) is 29.3 Å². The van der Waals surface area contributed by atoms with Crippen molar-refractivity contribution in [1.82, 2.24) is 15.4 Å². The molecule has 206 valence electrons. The second kappa shape index (κ2) is 13.9. The van der Waals surface area contributed by atoms with Crippen molar-refractivity contribution < 1.29 is 27.9 Å². The first-order chi connectivity index (χ1) is 18.6. The molecule has 9 nitrogen and oxygen atoms in total. The molecule has 3 aromatic carbocycles. The summed E-state index contributed by atoms with van der Waals surface area (Å²) in [4.78, 5) is 36.3. The number of amides is 3. The molecule has 3 aromatic rings. The lowest BCUT2D eigenvalue weighted by Crippen LogP contribution is -2.37. The molecule has 0 aliphatic heterocycles. The Morgan fingerprint density at radius 1 is 0.897 bits per heavy atom.